The standard InChI is InChI=1S/C16H34N4O2/c1-16(2,19(4)5)13-18-15(17-3)20-8-7-14(11-20)12-22-10-9-21-6/h14H,7-13H2,1-6H3,(H,17,18). The summed E-state index contributed by atoms with van der Waals surface area (Å²) < 4.78 is 10.6. The van der Waals surface area contributed by atoms with Gasteiger partial charge in [0, 0.05) is 45.2 Å². The molecule has 0 bridgehead atoms. The normalized spacial score (nSPS) is 20.0. The summed E-state index contributed by atoms with van der Waals surface area (Å²) in [5.74, 6) is 1.58. The first-order valence-electron chi connectivity index (χ1n) is 8.10. The van der Waals surface area contributed by atoms with E-state index in [1.807, 2.05) is 7.05 Å². The number of methoxy groups -OCH3 is 1. The molecule has 0 aliphatic carbocycles. The minimum Gasteiger partial charge on any atom is -0.382 e. The third-order valence-electron chi connectivity index (χ3n) is 4.47. The minimum absolute atomic E-state index is 0.0956. The molecule has 0 aromatic rings. The van der Waals surface area contributed by atoms with Crippen LogP contribution in [0.25, 0.3) is 0 Å². The maximum Gasteiger partial charge on any atom is 0.193 e. The van der Waals surface area contributed by atoms with Crippen LogP contribution in [0.5, 0.6) is 0 Å². The molecule has 1 saturated heterocycles. The molecular weight excluding hydrogens is 280 g/mol. The zero-order valence-electron chi connectivity index (χ0n) is 15.2. The first kappa shape index (κ1) is 19.2. The van der Waals surface area contributed by atoms with Crippen molar-refractivity contribution < 1.29 is 9.47 Å². The fraction of sp³-hybridized carbons (Fsp3) is 0.938. The molecule has 1 N–H and O–H groups in total. The Morgan fingerprint density at radius 1 is 1.36 bits per heavy atom. The Bertz CT molecular complexity index is 345. The molecular formula is C16H34N4O2. The lowest BCUT2D eigenvalue weighted by molar-refractivity contribution is 0.0536. The highest BCUT2D eigenvalue weighted by Gasteiger charge is 2.27. The molecule has 1 aliphatic rings. The van der Waals surface area contributed by atoms with E-state index in [-0.39, 0.29) is 5.54 Å². The summed E-state index contributed by atoms with van der Waals surface area (Å²) in [7, 11) is 7.76. The van der Waals surface area contributed by atoms with Crippen LogP contribution in [0.15, 0.2) is 4.99 Å². The van der Waals surface area contributed by atoms with Crippen molar-refractivity contribution in [1.82, 2.24) is 15.1 Å². The van der Waals surface area contributed by atoms with Crippen molar-refractivity contribution in [3.05, 3.63) is 0 Å². The monoisotopic (exact) mass is 314 g/mol. The Hall–Kier alpha value is -0.850. The molecule has 1 fully saturated rings. The van der Waals surface area contributed by atoms with Gasteiger partial charge >= 0.3 is 0 Å². The van der Waals surface area contributed by atoms with Crippen molar-refractivity contribution in [2.24, 2.45) is 10.9 Å². The van der Waals surface area contributed by atoms with Gasteiger partial charge in [0.05, 0.1) is 19.8 Å². The van der Waals surface area contributed by atoms with Crippen LogP contribution in [0.2, 0.25) is 0 Å². The molecule has 0 spiro atoms. The fourth-order valence-electron chi connectivity index (χ4n) is 2.34. The van der Waals surface area contributed by atoms with Crippen LogP contribution in [0.1, 0.15) is 20.3 Å². The lowest BCUT2D eigenvalue weighted by Crippen LogP contribution is -2.51. The number of nitrogens with one attached hydrogen (secondary N) is 1. The smallest absolute Gasteiger partial charge is 0.193 e. The molecule has 0 amide bonds. The zero-order chi connectivity index (χ0) is 16.6. The SMILES string of the molecule is CN=C(NCC(C)(C)N(C)C)N1CCC(COCCOC)C1. The molecule has 1 heterocycles. The molecule has 6 nitrogen and oxygen atoms in total. The number of likely N-dealkylation sites (tertiary alicyclic amines) is 1. The van der Waals surface area contributed by atoms with Gasteiger partial charge in [0.1, 0.15) is 0 Å². The second-order valence-electron chi connectivity index (χ2n) is 6.78. The van der Waals surface area contributed by atoms with Gasteiger partial charge in [0.2, 0.25) is 0 Å². The predicted octanol–water partition coefficient (Wildman–Crippen LogP) is 0.887. The summed E-state index contributed by atoms with van der Waals surface area (Å²) in [5.41, 5.74) is 0.0956. The summed E-state index contributed by atoms with van der Waals surface area (Å²) in [6.07, 6.45) is 1.16. The average molecular weight is 314 g/mol. The first-order valence-corrected chi connectivity index (χ1v) is 8.10. The average Bonchev–Trinajstić information content (AvgIpc) is 2.93. The number of hydrogen-bond acceptors (Lipinski definition) is 4. The molecule has 0 saturated carbocycles. The second-order valence-corrected chi connectivity index (χ2v) is 6.78. The molecule has 0 radical (unpaired) electrons. The Morgan fingerprint density at radius 3 is 2.68 bits per heavy atom. The Balaban J connectivity index is 2.36. The van der Waals surface area contributed by atoms with Gasteiger partial charge in [-0.2, -0.15) is 0 Å². The van der Waals surface area contributed by atoms with E-state index >= 15 is 0 Å². The predicted molar refractivity (Wildman–Crippen MR) is 91.5 cm³/mol. The van der Waals surface area contributed by atoms with Crippen molar-refractivity contribution in [2.45, 2.75) is 25.8 Å². The number of rotatable bonds is 8. The lowest BCUT2D eigenvalue weighted by Gasteiger charge is -2.34. The number of guanidine groups is 1. The molecule has 6 heteroatoms. The highest BCUT2D eigenvalue weighted by Crippen LogP contribution is 2.17. The van der Waals surface area contributed by atoms with Crippen molar-refractivity contribution in [3.63, 3.8) is 0 Å². The fourth-order valence-corrected chi connectivity index (χ4v) is 2.34. The second kappa shape index (κ2) is 9.33. The summed E-state index contributed by atoms with van der Waals surface area (Å²) in [6, 6.07) is 0. The van der Waals surface area contributed by atoms with E-state index in [4.69, 9.17) is 9.47 Å². The van der Waals surface area contributed by atoms with E-state index in [1.54, 1.807) is 7.11 Å². The van der Waals surface area contributed by atoms with E-state index < -0.39 is 0 Å². The summed E-state index contributed by atoms with van der Waals surface area (Å²) in [4.78, 5) is 8.98. The minimum atomic E-state index is 0.0956. The Labute approximate surface area is 135 Å². The first-order chi connectivity index (χ1) is 10.4. The third kappa shape index (κ3) is 6.10. The third-order valence-corrected chi connectivity index (χ3v) is 4.47. The van der Waals surface area contributed by atoms with E-state index in [1.165, 1.54) is 0 Å². The molecule has 1 unspecified atom stereocenters. The molecule has 1 aliphatic heterocycles. The summed E-state index contributed by atoms with van der Waals surface area (Å²) in [5, 5.41) is 3.50. The van der Waals surface area contributed by atoms with Crippen molar-refractivity contribution in [3.8, 4) is 0 Å². The van der Waals surface area contributed by atoms with Crippen molar-refractivity contribution >= 4 is 5.96 Å². The molecule has 1 atom stereocenters. The number of likely N-dealkylation sites (N-methyl/N-ethyl adjacent to an activating group) is 1. The van der Waals surface area contributed by atoms with Crippen molar-refractivity contribution in [1.29, 1.82) is 0 Å². The molecule has 130 valence electrons. The Morgan fingerprint density at radius 2 is 2.09 bits per heavy atom. The van der Waals surface area contributed by atoms with Crippen LogP contribution in [-0.2, 0) is 9.47 Å². The van der Waals surface area contributed by atoms with Crippen LogP contribution in [0.3, 0.4) is 0 Å². The van der Waals surface area contributed by atoms with Gasteiger partial charge in [-0.25, -0.2) is 0 Å². The molecule has 0 aromatic carbocycles. The van der Waals surface area contributed by atoms with E-state index in [2.05, 4.69) is 48.1 Å². The van der Waals surface area contributed by atoms with Gasteiger partial charge in [-0.05, 0) is 34.4 Å². The summed E-state index contributed by atoms with van der Waals surface area (Å²) in [6.45, 7) is 9.53. The van der Waals surface area contributed by atoms with Gasteiger partial charge in [-0.15, -0.1) is 0 Å². The Kier molecular flexibility index (Phi) is 8.14. The van der Waals surface area contributed by atoms with Gasteiger partial charge < -0.3 is 24.6 Å². The van der Waals surface area contributed by atoms with Gasteiger partial charge in [-0.1, -0.05) is 0 Å². The number of aliphatic imine (C=N–C) groups is 1. The van der Waals surface area contributed by atoms with E-state index in [0.29, 0.717) is 19.1 Å². The topological polar surface area (TPSA) is 49.3 Å². The quantitative estimate of drug-likeness (QED) is 0.410. The maximum absolute atomic E-state index is 5.65. The van der Waals surface area contributed by atoms with Gasteiger partial charge in [0.25, 0.3) is 0 Å². The highest BCUT2D eigenvalue weighted by molar-refractivity contribution is 5.80. The van der Waals surface area contributed by atoms with Crippen LogP contribution in [0.4, 0.5) is 0 Å². The lowest BCUT2D eigenvalue weighted by atomic mass is 10.0. The number of ether oxygens (including phenoxy) is 2. The maximum atomic E-state index is 5.65. The number of nitrogens with zero attached hydrogens (tertiary/aromatic N) is 3. The highest BCUT2D eigenvalue weighted by atomic mass is 16.5. The van der Waals surface area contributed by atoms with Crippen LogP contribution in [-0.4, -0.2) is 89.0 Å². The molecule has 22 heavy (non-hydrogen) atoms. The zero-order valence-corrected chi connectivity index (χ0v) is 15.2. The van der Waals surface area contributed by atoms with Crippen LogP contribution in [0, 0.1) is 5.92 Å². The number of hydrogen-bond donors (Lipinski definition) is 1. The molecule has 0 aromatic heterocycles. The summed E-state index contributed by atoms with van der Waals surface area (Å²) >= 11 is 0. The van der Waals surface area contributed by atoms with E-state index in [0.717, 1.165) is 38.6 Å². The van der Waals surface area contributed by atoms with Crippen LogP contribution >= 0.6 is 0 Å². The largest absolute Gasteiger partial charge is 0.382 e. The van der Waals surface area contributed by atoms with E-state index in [9.17, 15) is 0 Å². The van der Waals surface area contributed by atoms with Gasteiger partial charge in [0.15, 0.2) is 5.96 Å². The molecule has 1 rings (SSSR count). The van der Waals surface area contributed by atoms with Gasteiger partial charge in [-0.3, -0.25) is 4.99 Å². The van der Waals surface area contributed by atoms with Crippen molar-refractivity contribution in [2.75, 3.05) is 67.7 Å². The van der Waals surface area contributed by atoms with Crippen LogP contribution < -0.4 is 5.32 Å².